The molecule has 1 aromatic heterocycles. The first-order valence-corrected chi connectivity index (χ1v) is 9.02. The lowest BCUT2D eigenvalue weighted by Gasteiger charge is -2.00. The van der Waals surface area contributed by atoms with Gasteiger partial charge in [-0.3, -0.25) is 4.79 Å². The Labute approximate surface area is 143 Å². The molecule has 3 nitrogen and oxygen atoms in total. The summed E-state index contributed by atoms with van der Waals surface area (Å²) in [6, 6.07) is 8.78. The molecule has 0 spiro atoms. The monoisotopic (exact) mass is 436 g/mol. The Morgan fingerprint density at radius 1 is 1.50 bits per heavy atom. The van der Waals surface area contributed by atoms with Crippen molar-refractivity contribution in [3.05, 3.63) is 49.4 Å². The highest BCUT2D eigenvalue weighted by atomic mass is 127. The third-order valence-electron chi connectivity index (χ3n) is 2.34. The van der Waals surface area contributed by atoms with E-state index in [9.17, 15) is 4.79 Å². The van der Waals surface area contributed by atoms with Crippen molar-refractivity contribution >= 4 is 69.4 Å². The number of hydrazone groups is 1. The van der Waals surface area contributed by atoms with Gasteiger partial charge in [0.1, 0.15) is 0 Å². The van der Waals surface area contributed by atoms with Gasteiger partial charge in [-0.15, -0.1) is 23.1 Å². The number of carbonyl (C=O) groups excluding carboxylic acids is 1. The Kier molecular flexibility index (Phi) is 5.88. The second-order valence-corrected chi connectivity index (χ2v) is 8.16. The van der Waals surface area contributed by atoms with E-state index in [1.807, 2.05) is 12.3 Å². The fraction of sp³-hybridized carbons (Fsp3) is 0.0769. The quantitative estimate of drug-likeness (QED) is 0.332. The smallest absolute Gasteiger partial charge is 0.267 e. The summed E-state index contributed by atoms with van der Waals surface area (Å²) in [5.41, 5.74) is 4.00. The molecule has 0 aliphatic carbocycles. The van der Waals surface area contributed by atoms with Crippen LogP contribution in [0.15, 0.2) is 39.6 Å². The highest BCUT2D eigenvalue weighted by Gasteiger charge is 2.06. The van der Waals surface area contributed by atoms with Gasteiger partial charge in [0.15, 0.2) is 0 Å². The molecule has 1 amide bonds. The number of benzene rings is 1. The van der Waals surface area contributed by atoms with Crippen LogP contribution in [0.1, 0.15) is 15.9 Å². The van der Waals surface area contributed by atoms with E-state index < -0.39 is 0 Å². The first-order chi connectivity index (χ1) is 9.60. The lowest BCUT2D eigenvalue weighted by molar-refractivity contribution is 0.0955. The molecule has 7 heteroatoms. The average Bonchev–Trinajstić information content (AvgIpc) is 2.79. The van der Waals surface area contributed by atoms with E-state index in [0.717, 1.165) is 5.56 Å². The molecule has 0 atom stereocenters. The van der Waals surface area contributed by atoms with Crippen molar-refractivity contribution in [2.24, 2.45) is 5.10 Å². The Morgan fingerprint density at radius 2 is 2.30 bits per heavy atom. The summed E-state index contributed by atoms with van der Waals surface area (Å²) in [6.45, 7) is 0. The molecule has 1 N–H and O–H groups in total. The highest BCUT2D eigenvalue weighted by Crippen LogP contribution is 2.30. The van der Waals surface area contributed by atoms with Crippen LogP contribution < -0.4 is 5.43 Å². The molecule has 0 saturated heterocycles. The summed E-state index contributed by atoms with van der Waals surface area (Å²) in [5, 5.41) is 4.52. The van der Waals surface area contributed by atoms with Crippen molar-refractivity contribution in [2.75, 3.05) is 6.26 Å². The Balaban J connectivity index is 2.04. The summed E-state index contributed by atoms with van der Waals surface area (Å²) in [5.74, 6) is -0.278. The Morgan fingerprint density at radius 3 is 3.00 bits per heavy atom. The predicted octanol–water partition coefficient (Wildman–Crippen LogP) is 4.49. The standard InChI is InChI=1S/C13H10ClIN2OS2/c1-19-13-9(6-11(15)20-13)7-16-17-12(18)8-3-2-4-10(14)5-8/h2-7H,1H3,(H,17,18)/b16-7-. The van der Waals surface area contributed by atoms with Crippen molar-refractivity contribution in [1.29, 1.82) is 0 Å². The van der Waals surface area contributed by atoms with Crippen molar-refractivity contribution in [1.82, 2.24) is 5.43 Å². The number of nitrogens with one attached hydrogen (secondary N) is 1. The van der Waals surface area contributed by atoms with E-state index >= 15 is 0 Å². The highest BCUT2D eigenvalue weighted by molar-refractivity contribution is 14.1. The van der Waals surface area contributed by atoms with Crippen LogP contribution in [0.5, 0.6) is 0 Å². The summed E-state index contributed by atoms with van der Waals surface area (Å²) >= 11 is 11.5. The molecular formula is C13H10ClIN2OS2. The Hall–Kier alpha value is -0.570. The van der Waals surface area contributed by atoms with Crippen LogP contribution in [0.4, 0.5) is 0 Å². The van der Waals surface area contributed by atoms with E-state index in [0.29, 0.717) is 10.6 Å². The zero-order valence-corrected chi connectivity index (χ0v) is 14.9. The molecule has 0 saturated carbocycles. The molecule has 0 unspecified atom stereocenters. The van der Waals surface area contributed by atoms with Crippen molar-refractivity contribution in [3.63, 3.8) is 0 Å². The third-order valence-corrected chi connectivity index (χ3v) is 5.63. The van der Waals surface area contributed by atoms with E-state index in [1.165, 1.54) is 7.09 Å². The van der Waals surface area contributed by atoms with Crippen LogP contribution in [0.3, 0.4) is 0 Å². The fourth-order valence-electron chi connectivity index (χ4n) is 1.46. The van der Waals surface area contributed by atoms with Crippen LogP contribution in [0.25, 0.3) is 0 Å². The number of nitrogens with zero attached hydrogens (tertiary/aromatic N) is 1. The SMILES string of the molecule is CSc1sc(I)cc1/C=N\NC(=O)c1cccc(Cl)c1. The molecule has 0 aliphatic heterocycles. The topological polar surface area (TPSA) is 41.5 Å². The van der Waals surface area contributed by atoms with Crippen molar-refractivity contribution < 1.29 is 4.79 Å². The molecule has 0 radical (unpaired) electrons. The zero-order chi connectivity index (χ0) is 14.5. The summed E-state index contributed by atoms with van der Waals surface area (Å²) in [6.07, 6.45) is 3.68. The van der Waals surface area contributed by atoms with Crippen molar-refractivity contribution in [2.45, 2.75) is 4.21 Å². The molecule has 0 bridgehead atoms. The normalized spacial score (nSPS) is 10.9. The number of halogens is 2. The van der Waals surface area contributed by atoms with Gasteiger partial charge in [0, 0.05) is 16.1 Å². The summed E-state index contributed by atoms with van der Waals surface area (Å²) in [7, 11) is 0. The van der Waals surface area contributed by atoms with Gasteiger partial charge in [-0.05, 0) is 53.1 Å². The number of thiophene rings is 1. The average molecular weight is 437 g/mol. The van der Waals surface area contributed by atoms with Crippen LogP contribution >= 0.6 is 57.3 Å². The van der Waals surface area contributed by atoms with Gasteiger partial charge in [0.25, 0.3) is 5.91 Å². The van der Waals surface area contributed by atoms with Crippen LogP contribution in [0, 0.1) is 2.88 Å². The number of hydrogen-bond donors (Lipinski definition) is 1. The number of amides is 1. The molecule has 104 valence electrons. The Bertz CT molecular complexity index is 658. The molecule has 2 rings (SSSR count). The maximum Gasteiger partial charge on any atom is 0.271 e. The van der Waals surface area contributed by atoms with E-state index in [-0.39, 0.29) is 5.91 Å². The number of rotatable bonds is 4. The number of hydrogen-bond acceptors (Lipinski definition) is 4. The maximum absolute atomic E-state index is 11.9. The fourth-order valence-corrected chi connectivity index (χ4v) is 4.64. The van der Waals surface area contributed by atoms with Gasteiger partial charge < -0.3 is 0 Å². The molecule has 0 aliphatic rings. The van der Waals surface area contributed by atoms with E-state index in [4.69, 9.17) is 11.6 Å². The first-order valence-electron chi connectivity index (χ1n) is 5.52. The van der Waals surface area contributed by atoms with Gasteiger partial charge in [0.05, 0.1) is 13.3 Å². The van der Waals surface area contributed by atoms with Crippen LogP contribution in [-0.2, 0) is 0 Å². The lowest BCUT2D eigenvalue weighted by Crippen LogP contribution is -2.17. The minimum absolute atomic E-state index is 0.278. The van der Waals surface area contributed by atoms with Crippen molar-refractivity contribution in [3.8, 4) is 0 Å². The lowest BCUT2D eigenvalue weighted by atomic mass is 10.2. The summed E-state index contributed by atoms with van der Waals surface area (Å²) in [4.78, 5) is 11.9. The molecule has 2 aromatic rings. The molecule has 1 heterocycles. The van der Waals surface area contributed by atoms with E-state index in [1.54, 1.807) is 53.6 Å². The third kappa shape index (κ3) is 4.21. The molecule has 1 aromatic carbocycles. The zero-order valence-electron chi connectivity index (χ0n) is 10.4. The van der Waals surface area contributed by atoms with Gasteiger partial charge in [-0.25, -0.2) is 5.43 Å². The molecular weight excluding hydrogens is 427 g/mol. The van der Waals surface area contributed by atoms with Crippen LogP contribution in [-0.4, -0.2) is 18.4 Å². The molecule has 20 heavy (non-hydrogen) atoms. The molecule has 0 fully saturated rings. The first kappa shape index (κ1) is 15.8. The van der Waals surface area contributed by atoms with Gasteiger partial charge >= 0.3 is 0 Å². The largest absolute Gasteiger partial charge is 0.271 e. The minimum atomic E-state index is -0.278. The second kappa shape index (κ2) is 7.44. The predicted molar refractivity (Wildman–Crippen MR) is 95.3 cm³/mol. The minimum Gasteiger partial charge on any atom is -0.267 e. The van der Waals surface area contributed by atoms with Gasteiger partial charge in [-0.1, -0.05) is 17.7 Å². The van der Waals surface area contributed by atoms with Crippen LogP contribution in [0.2, 0.25) is 5.02 Å². The number of thioether (sulfide) groups is 1. The van der Waals surface area contributed by atoms with Gasteiger partial charge in [0.2, 0.25) is 0 Å². The van der Waals surface area contributed by atoms with Gasteiger partial charge in [-0.2, -0.15) is 5.10 Å². The maximum atomic E-state index is 11.9. The van der Waals surface area contributed by atoms with E-state index in [2.05, 4.69) is 33.1 Å². The summed E-state index contributed by atoms with van der Waals surface area (Å²) < 4.78 is 2.37. The second-order valence-electron chi connectivity index (χ2n) is 3.71. The number of carbonyl (C=O) groups is 1.